The van der Waals surface area contributed by atoms with E-state index >= 15 is 0 Å². The van der Waals surface area contributed by atoms with Gasteiger partial charge in [-0.1, -0.05) is 221 Å². The quantitative estimate of drug-likeness (QED) is 0.0197. The molecule has 0 saturated heterocycles. The van der Waals surface area contributed by atoms with Crippen LogP contribution in [0.5, 0.6) is 0 Å². The Bertz CT molecular complexity index is 1560. The van der Waals surface area contributed by atoms with E-state index in [9.17, 15) is 28.9 Å². The lowest BCUT2D eigenvalue weighted by Gasteiger charge is -2.21. The van der Waals surface area contributed by atoms with Crippen molar-refractivity contribution in [3.63, 3.8) is 0 Å². The molecule has 0 amide bonds. The first-order valence-electron chi connectivity index (χ1n) is 29.5. The third-order valence-corrected chi connectivity index (χ3v) is 13.3. The van der Waals surface area contributed by atoms with Crippen molar-refractivity contribution in [2.45, 2.75) is 264 Å². The lowest BCUT2D eigenvalue weighted by Crippen LogP contribution is -2.30. The number of rotatable bonds is 54. The highest BCUT2D eigenvalue weighted by Gasteiger charge is 2.28. The van der Waals surface area contributed by atoms with Crippen molar-refractivity contribution in [3.05, 3.63) is 85.1 Å². The summed E-state index contributed by atoms with van der Waals surface area (Å²) in [7, 11) is -4.76. The van der Waals surface area contributed by atoms with E-state index in [2.05, 4.69) is 106 Å². The average molecular weight is 1060 g/mol. The molecule has 0 spiro atoms. The molecule has 3 atom stereocenters. The fraction of sp³-hybridized carbons (Fsp3) is 0.726. The molecular weight excluding hydrogens is 952 g/mol. The van der Waals surface area contributed by atoms with Crippen LogP contribution in [-0.2, 0) is 42.2 Å². The Morgan fingerprint density at radius 3 is 1.12 bits per heavy atom. The summed E-state index contributed by atoms with van der Waals surface area (Å²) in [5.41, 5.74) is 0. The monoisotopic (exact) mass is 1060 g/mol. The van der Waals surface area contributed by atoms with Gasteiger partial charge in [-0.25, -0.2) is 4.57 Å². The predicted octanol–water partition coefficient (Wildman–Crippen LogP) is 17.5. The molecule has 12 heteroatoms. The molecule has 0 heterocycles. The fourth-order valence-electron chi connectivity index (χ4n) is 7.82. The summed E-state index contributed by atoms with van der Waals surface area (Å²) in [5, 5.41) is 9.81. The summed E-state index contributed by atoms with van der Waals surface area (Å²) >= 11 is 0. The number of hydrogen-bond donors (Lipinski definition) is 2. The zero-order valence-electron chi connectivity index (χ0n) is 47.0. The number of hydrogen-bond acceptors (Lipinski definition) is 10. The zero-order chi connectivity index (χ0) is 54.1. The number of phosphoric acid groups is 1. The third-order valence-electron chi connectivity index (χ3n) is 12.3. The predicted molar refractivity (Wildman–Crippen MR) is 307 cm³/mol. The first kappa shape index (κ1) is 70.7. The molecule has 3 unspecified atom stereocenters. The number of unbranched alkanes of at least 4 members (excludes halogenated alkanes) is 23. The van der Waals surface area contributed by atoms with E-state index in [-0.39, 0.29) is 25.9 Å². The minimum absolute atomic E-state index is 0.142. The third kappa shape index (κ3) is 53.5. The van der Waals surface area contributed by atoms with Crippen LogP contribution in [0, 0.1) is 0 Å². The summed E-state index contributed by atoms with van der Waals surface area (Å²) in [6.07, 6.45) is 63.9. The first-order valence-corrected chi connectivity index (χ1v) is 31.0. The van der Waals surface area contributed by atoms with Gasteiger partial charge in [0.25, 0.3) is 0 Å². The number of aliphatic hydroxyl groups is 1. The van der Waals surface area contributed by atoms with Crippen molar-refractivity contribution in [3.8, 4) is 0 Å². The van der Waals surface area contributed by atoms with Crippen molar-refractivity contribution in [1.82, 2.24) is 0 Å². The first-order chi connectivity index (χ1) is 36.2. The van der Waals surface area contributed by atoms with Gasteiger partial charge in [0, 0.05) is 19.3 Å². The highest BCUT2D eigenvalue weighted by Crippen LogP contribution is 2.43. The molecule has 2 N–H and O–H groups in total. The van der Waals surface area contributed by atoms with Crippen LogP contribution >= 0.6 is 7.82 Å². The number of ether oxygens (including phenoxy) is 3. The highest BCUT2D eigenvalue weighted by molar-refractivity contribution is 7.47. The number of esters is 3. The van der Waals surface area contributed by atoms with Crippen LogP contribution < -0.4 is 0 Å². The number of carbonyl (C=O) groups is 3. The summed E-state index contributed by atoms with van der Waals surface area (Å²) in [6.45, 7) is 4.46. The number of carbonyl (C=O) groups excluding carboxylic acids is 3. The smallest absolute Gasteiger partial charge is 0.462 e. The minimum atomic E-state index is -4.76. The average Bonchev–Trinajstić information content (AvgIpc) is 3.39. The van der Waals surface area contributed by atoms with E-state index in [0.717, 1.165) is 116 Å². The number of allylic oxidation sites excluding steroid dienone is 14. The fourth-order valence-corrected chi connectivity index (χ4v) is 8.61. The molecule has 0 fully saturated rings. The van der Waals surface area contributed by atoms with Crippen LogP contribution in [0.3, 0.4) is 0 Å². The molecule has 0 saturated carbocycles. The Morgan fingerprint density at radius 2 is 0.703 bits per heavy atom. The Kier molecular flexibility index (Phi) is 53.4. The van der Waals surface area contributed by atoms with Gasteiger partial charge in [0.15, 0.2) is 6.10 Å². The largest absolute Gasteiger partial charge is 0.472 e. The Balaban J connectivity index is 4.79. The molecule has 0 aromatic rings. The Morgan fingerprint density at radius 1 is 0.392 bits per heavy atom. The van der Waals surface area contributed by atoms with Crippen LogP contribution in [-0.4, -0.2) is 66.5 Å². The summed E-state index contributed by atoms with van der Waals surface area (Å²) < 4.78 is 39.5. The van der Waals surface area contributed by atoms with E-state index in [4.69, 9.17) is 23.3 Å². The summed E-state index contributed by atoms with van der Waals surface area (Å²) in [6, 6.07) is 0. The SMILES string of the molecule is CC/C=C\C/C=C\C/C=C\C/C=C\C/C=C\CCCCCC(=O)OCC(COP(=O)(O)OCC(CO)OC(=O)CCCCCCCCCCCCCCC)OC(=O)CCCCCCC/C=C\C/C=C\CCCCC. The molecule has 0 aliphatic rings. The van der Waals surface area contributed by atoms with Crippen LogP contribution in [0.2, 0.25) is 0 Å². The van der Waals surface area contributed by atoms with Crippen molar-refractivity contribution in [1.29, 1.82) is 0 Å². The normalized spacial score (nSPS) is 14.0. The van der Waals surface area contributed by atoms with E-state index in [1.165, 1.54) is 77.0 Å². The van der Waals surface area contributed by atoms with E-state index in [0.29, 0.717) is 19.3 Å². The second-order valence-corrected chi connectivity index (χ2v) is 20.9. The molecule has 0 aliphatic carbocycles. The molecule has 74 heavy (non-hydrogen) atoms. The second-order valence-electron chi connectivity index (χ2n) is 19.4. The van der Waals surface area contributed by atoms with E-state index < -0.39 is 57.8 Å². The maximum atomic E-state index is 12.9. The molecule has 0 aliphatic heterocycles. The molecule has 0 aromatic heterocycles. The highest BCUT2D eigenvalue weighted by atomic mass is 31.2. The molecule has 11 nitrogen and oxygen atoms in total. The van der Waals surface area contributed by atoms with Gasteiger partial charge in [-0.05, 0) is 96.3 Å². The van der Waals surface area contributed by atoms with Crippen molar-refractivity contribution < 1.29 is 52.2 Å². The van der Waals surface area contributed by atoms with E-state index in [1.54, 1.807) is 0 Å². The van der Waals surface area contributed by atoms with Gasteiger partial charge in [0.1, 0.15) is 12.7 Å². The maximum absolute atomic E-state index is 12.9. The van der Waals surface area contributed by atoms with Crippen LogP contribution in [0.15, 0.2) is 85.1 Å². The van der Waals surface area contributed by atoms with Gasteiger partial charge < -0.3 is 24.2 Å². The molecule has 0 radical (unpaired) electrons. The lowest BCUT2D eigenvalue weighted by molar-refractivity contribution is -0.161. The van der Waals surface area contributed by atoms with Crippen molar-refractivity contribution in [2.75, 3.05) is 26.4 Å². The molecule has 0 bridgehead atoms. The lowest BCUT2D eigenvalue weighted by atomic mass is 10.0. The minimum Gasteiger partial charge on any atom is -0.462 e. The second kappa shape index (κ2) is 55.9. The topological polar surface area (TPSA) is 155 Å². The van der Waals surface area contributed by atoms with Gasteiger partial charge in [-0.15, -0.1) is 0 Å². The summed E-state index contributed by atoms with van der Waals surface area (Å²) in [4.78, 5) is 48.6. The molecule has 0 rings (SSSR count). The van der Waals surface area contributed by atoms with Crippen molar-refractivity contribution >= 4 is 25.7 Å². The van der Waals surface area contributed by atoms with Crippen LogP contribution in [0.1, 0.15) is 252 Å². The summed E-state index contributed by atoms with van der Waals surface area (Å²) in [5.74, 6) is -1.52. The standard InChI is InChI=1S/C62H107O11P/c1-4-7-10-13-16-19-22-25-27-28-29-30-32-34-36-39-42-45-48-51-60(64)69-55-59(73-62(66)53-50-47-44-41-38-35-31-26-23-20-17-14-11-8-5-2)57-71-74(67,68)70-56-58(54-63)72-61(65)52-49-46-43-40-37-33-24-21-18-15-12-9-6-3/h7,10,16-17,19-20,25-27,29-31,34,36,58-59,63H,4-6,8-9,11-15,18,21-24,28,32-33,35,37-57H2,1-3H3,(H,67,68)/b10-7-,19-16-,20-17-,27-25-,30-29-,31-26-,36-34-. The number of phosphoric ester groups is 1. The van der Waals surface area contributed by atoms with Crippen LogP contribution in [0.25, 0.3) is 0 Å². The van der Waals surface area contributed by atoms with E-state index in [1.807, 2.05) is 0 Å². The zero-order valence-corrected chi connectivity index (χ0v) is 47.9. The maximum Gasteiger partial charge on any atom is 0.472 e. The Hall–Kier alpha value is -3.34. The van der Waals surface area contributed by atoms with Crippen molar-refractivity contribution in [2.24, 2.45) is 0 Å². The molecule has 0 aromatic carbocycles. The van der Waals surface area contributed by atoms with Gasteiger partial charge >= 0.3 is 25.7 Å². The van der Waals surface area contributed by atoms with Gasteiger partial charge in [-0.3, -0.25) is 23.4 Å². The van der Waals surface area contributed by atoms with Gasteiger partial charge in [0.2, 0.25) is 0 Å². The van der Waals surface area contributed by atoms with Gasteiger partial charge in [-0.2, -0.15) is 0 Å². The molecular formula is C62H107O11P. The van der Waals surface area contributed by atoms with Gasteiger partial charge in [0.05, 0.1) is 19.8 Å². The number of aliphatic hydroxyl groups excluding tert-OH is 1. The van der Waals surface area contributed by atoms with Crippen LogP contribution in [0.4, 0.5) is 0 Å². The Labute approximate surface area is 451 Å². The molecule has 426 valence electrons.